The second-order valence-electron chi connectivity index (χ2n) is 6.16. The normalized spacial score (nSPS) is 17.3. The number of carbonyl (C=O) groups is 1. The molecule has 0 bridgehead atoms. The second-order valence-corrected chi connectivity index (χ2v) is 6.16. The van der Waals surface area contributed by atoms with E-state index in [0.29, 0.717) is 0 Å². The van der Waals surface area contributed by atoms with Crippen LogP contribution in [0, 0.1) is 5.92 Å². The summed E-state index contributed by atoms with van der Waals surface area (Å²) in [4.78, 5) is 14.7. The molecule has 1 heterocycles. The zero-order chi connectivity index (χ0) is 15.9. The average molecular weight is 304 g/mol. The summed E-state index contributed by atoms with van der Waals surface area (Å²) >= 11 is 0. The van der Waals surface area contributed by atoms with E-state index in [1.54, 1.807) is 7.11 Å². The summed E-state index contributed by atoms with van der Waals surface area (Å²) in [5.41, 5.74) is 1.03. The molecular weight excluding hydrogens is 276 g/mol. The lowest BCUT2D eigenvalue weighted by molar-refractivity contribution is -0.133. The molecule has 1 fully saturated rings. The predicted molar refractivity (Wildman–Crippen MR) is 89.3 cm³/mol. The summed E-state index contributed by atoms with van der Waals surface area (Å²) < 4.78 is 5.25. The molecule has 2 rings (SSSR count). The van der Waals surface area contributed by atoms with E-state index in [2.05, 4.69) is 5.32 Å². The third-order valence-corrected chi connectivity index (χ3v) is 4.69. The summed E-state index contributed by atoms with van der Waals surface area (Å²) in [5, 5.41) is 3.21. The highest BCUT2D eigenvalue weighted by atomic mass is 16.5. The summed E-state index contributed by atoms with van der Waals surface area (Å²) in [5.74, 6) is 1.69. The number of nitrogens with zero attached hydrogens (tertiary/aromatic N) is 1. The molecule has 1 unspecified atom stereocenters. The molecule has 0 saturated carbocycles. The van der Waals surface area contributed by atoms with Crippen LogP contribution in [-0.4, -0.2) is 44.6 Å². The number of hydrogen-bond donors (Lipinski definition) is 1. The average Bonchev–Trinajstić information content (AvgIpc) is 2.59. The first-order valence-corrected chi connectivity index (χ1v) is 8.23. The van der Waals surface area contributed by atoms with Gasteiger partial charge >= 0.3 is 0 Å². The molecule has 1 saturated heterocycles. The van der Waals surface area contributed by atoms with Crippen LogP contribution in [0.3, 0.4) is 0 Å². The molecule has 1 N–H and O–H groups in total. The van der Waals surface area contributed by atoms with Crippen molar-refractivity contribution in [3.05, 3.63) is 29.8 Å². The van der Waals surface area contributed by atoms with Crippen molar-refractivity contribution in [2.24, 2.45) is 5.92 Å². The number of nitrogens with one attached hydrogen (secondary N) is 1. The quantitative estimate of drug-likeness (QED) is 0.878. The molecule has 4 nitrogen and oxygen atoms in total. The van der Waals surface area contributed by atoms with Gasteiger partial charge in [0.25, 0.3) is 0 Å². The lowest BCUT2D eigenvalue weighted by Gasteiger charge is -2.33. The van der Waals surface area contributed by atoms with Crippen molar-refractivity contribution in [3.8, 4) is 5.75 Å². The minimum absolute atomic E-state index is 0.107. The number of carbonyl (C=O) groups excluding carboxylic acids is 1. The van der Waals surface area contributed by atoms with Gasteiger partial charge in [-0.05, 0) is 63.4 Å². The van der Waals surface area contributed by atoms with Gasteiger partial charge in [0.15, 0.2) is 0 Å². The van der Waals surface area contributed by atoms with Gasteiger partial charge in [0.1, 0.15) is 5.75 Å². The number of likely N-dealkylation sites (tertiary alicyclic amines) is 1. The topological polar surface area (TPSA) is 41.6 Å². The SMILES string of the molecule is CNCCC1CCN(C(=O)C(C)c2cccc(OC)c2)CC1. The molecule has 1 aromatic carbocycles. The van der Waals surface area contributed by atoms with Crippen LogP contribution >= 0.6 is 0 Å². The Morgan fingerprint density at radius 3 is 2.77 bits per heavy atom. The lowest BCUT2D eigenvalue weighted by atomic mass is 9.92. The standard InChI is InChI=1S/C18H28N2O2/c1-14(16-5-4-6-17(13-16)22-3)18(21)20-11-8-15(9-12-20)7-10-19-2/h4-6,13-15,19H,7-12H2,1-3H3. The third-order valence-electron chi connectivity index (χ3n) is 4.69. The summed E-state index contributed by atoms with van der Waals surface area (Å²) in [6.07, 6.45) is 3.46. The van der Waals surface area contributed by atoms with Gasteiger partial charge in [-0.15, -0.1) is 0 Å². The first-order chi connectivity index (χ1) is 10.7. The van der Waals surface area contributed by atoms with Crippen molar-refractivity contribution >= 4 is 5.91 Å². The Kier molecular flexibility index (Phi) is 6.25. The number of rotatable bonds is 6. The molecule has 22 heavy (non-hydrogen) atoms. The van der Waals surface area contributed by atoms with E-state index >= 15 is 0 Å². The number of benzene rings is 1. The van der Waals surface area contributed by atoms with Crippen LogP contribution in [0.2, 0.25) is 0 Å². The Bertz CT molecular complexity index is 482. The summed E-state index contributed by atoms with van der Waals surface area (Å²) in [7, 11) is 3.65. The fourth-order valence-corrected chi connectivity index (χ4v) is 3.12. The Labute approximate surface area is 133 Å². The van der Waals surface area contributed by atoms with E-state index in [1.807, 2.05) is 43.1 Å². The highest BCUT2D eigenvalue weighted by molar-refractivity contribution is 5.83. The molecular formula is C18H28N2O2. The van der Waals surface area contributed by atoms with E-state index in [1.165, 1.54) is 6.42 Å². The highest BCUT2D eigenvalue weighted by Crippen LogP contribution is 2.26. The first-order valence-electron chi connectivity index (χ1n) is 8.23. The summed E-state index contributed by atoms with van der Waals surface area (Å²) in [6.45, 7) is 4.84. The van der Waals surface area contributed by atoms with Crippen LogP contribution in [0.15, 0.2) is 24.3 Å². The first kappa shape index (κ1) is 16.8. The lowest BCUT2D eigenvalue weighted by Crippen LogP contribution is -2.41. The minimum Gasteiger partial charge on any atom is -0.497 e. The van der Waals surface area contributed by atoms with Crippen LogP contribution in [0.5, 0.6) is 5.75 Å². The number of methoxy groups -OCH3 is 1. The smallest absolute Gasteiger partial charge is 0.229 e. The van der Waals surface area contributed by atoms with E-state index in [-0.39, 0.29) is 11.8 Å². The van der Waals surface area contributed by atoms with Crippen molar-refractivity contribution < 1.29 is 9.53 Å². The van der Waals surface area contributed by atoms with Gasteiger partial charge < -0.3 is 15.0 Å². The Balaban J connectivity index is 1.91. The van der Waals surface area contributed by atoms with Crippen molar-refractivity contribution in [1.82, 2.24) is 10.2 Å². The molecule has 1 amide bonds. The van der Waals surface area contributed by atoms with E-state index in [4.69, 9.17) is 4.74 Å². The van der Waals surface area contributed by atoms with Crippen molar-refractivity contribution in [2.45, 2.75) is 32.1 Å². The molecule has 1 aliphatic rings. The number of amides is 1. The molecule has 1 atom stereocenters. The molecule has 4 heteroatoms. The monoisotopic (exact) mass is 304 g/mol. The Morgan fingerprint density at radius 1 is 1.41 bits per heavy atom. The molecule has 0 radical (unpaired) electrons. The Hall–Kier alpha value is -1.55. The van der Waals surface area contributed by atoms with Crippen LogP contribution in [0.4, 0.5) is 0 Å². The fourth-order valence-electron chi connectivity index (χ4n) is 3.12. The molecule has 122 valence electrons. The number of ether oxygens (including phenoxy) is 1. The van der Waals surface area contributed by atoms with Gasteiger partial charge in [0.2, 0.25) is 5.91 Å². The maximum absolute atomic E-state index is 12.7. The van der Waals surface area contributed by atoms with Crippen molar-refractivity contribution in [1.29, 1.82) is 0 Å². The van der Waals surface area contributed by atoms with Gasteiger partial charge in [-0.1, -0.05) is 12.1 Å². The predicted octanol–water partition coefficient (Wildman–Crippen LogP) is 2.65. The molecule has 0 aromatic heterocycles. The third kappa shape index (κ3) is 4.23. The largest absolute Gasteiger partial charge is 0.497 e. The maximum atomic E-state index is 12.7. The Morgan fingerprint density at radius 2 is 2.14 bits per heavy atom. The van der Waals surface area contributed by atoms with Gasteiger partial charge in [0, 0.05) is 13.1 Å². The zero-order valence-electron chi connectivity index (χ0n) is 14.0. The fraction of sp³-hybridized carbons (Fsp3) is 0.611. The minimum atomic E-state index is -0.107. The van der Waals surface area contributed by atoms with E-state index in [9.17, 15) is 4.79 Å². The zero-order valence-corrected chi connectivity index (χ0v) is 14.0. The van der Waals surface area contributed by atoms with Gasteiger partial charge in [-0.25, -0.2) is 0 Å². The maximum Gasteiger partial charge on any atom is 0.229 e. The van der Waals surface area contributed by atoms with Crippen LogP contribution in [0.25, 0.3) is 0 Å². The van der Waals surface area contributed by atoms with Crippen LogP contribution < -0.4 is 10.1 Å². The second kappa shape index (κ2) is 8.18. The van der Waals surface area contributed by atoms with E-state index in [0.717, 1.165) is 49.7 Å². The molecule has 1 aliphatic heterocycles. The highest BCUT2D eigenvalue weighted by Gasteiger charge is 2.26. The van der Waals surface area contributed by atoms with Crippen LogP contribution in [0.1, 0.15) is 37.7 Å². The van der Waals surface area contributed by atoms with Crippen LogP contribution in [-0.2, 0) is 4.79 Å². The van der Waals surface area contributed by atoms with E-state index < -0.39 is 0 Å². The van der Waals surface area contributed by atoms with Gasteiger partial charge in [0.05, 0.1) is 13.0 Å². The summed E-state index contributed by atoms with van der Waals surface area (Å²) in [6, 6.07) is 7.82. The molecule has 0 aliphatic carbocycles. The molecule has 1 aromatic rings. The van der Waals surface area contributed by atoms with Gasteiger partial charge in [-0.2, -0.15) is 0 Å². The van der Waals surface area contributed by atoms with Gasteiger partial charge in [-0.3, -0.25) is 4.79 Å². The molecule has 0 spiro atoms. The number of piperidine rings is 1. The van der Waals surface area contributed by atoms with Crippen molar-refractivity contribution in [3.63, 3.8) is 0 Å². The number of hydrogen-bond acceptors (Lipinski definition) is 3. The van der Waals surface area contributed by atoms with Crippen molar-refractivity contribution in [2.75, 3.05) is 33.8 Å².